The van der Waals surface area contributed by atoms with Gasteiger partial charge >= 0.3 is 6.18 Å². The van der Waals surface area contributed by atoms with Crippen LogP contribution in [0.25, 0.3) is 11.1 Å². The number of nitrogens with zero attached hydrogens (tertiary/aromatic N) is 3. The van der Waals surface area contributed by atoms with E-state index in [1.165, 1.54) is 24.4 Å². The molecule has 0 aliphatic heterocycles. The third kappa shape index (κ3) is 6.59. The number of nitrogens with two attached hydrogens (primary N) is 1. The van der Waals surface area contributed by atoms with Crippen LogP contribution in [-0.2, 0) is 36.8 Å². The summed E-state index contributed by atoms with van der Waals surface area (Å²) in [4.78, 5) is 29.5. The fourth-order valence-electron chi connectivity index (χ4n) is 5.40. The molecule has 0 fully saturated rings. The molecule has 4 aromatic rings. The van der Waals surface area contributed by atoms with E-state index >= 15 is 0 Å². The number of carbonyl (C=O) groups is 2. The number of pyridine rings is 1. The molecule has 0 radical (unpaired) electrons. The van der Waals surface area contributed by atoms with Crippen LogP contribution in [0.15, 0.2) is 54.7 Å². The SMILES string of the molecule is NC(=O)c1cc(-c2cccnc2[C@H](Cc2cc(F)cc(F)c2)NC(=O)Cn2nc(C(F)(F)F)c3c2CC(O)CC3)ccc1F. The fraction of sp³-hybridized carbons (Fsp3) is 0.267. The van der Waals surface area contributed by atoms with Gasteiger partial charge in [-0.15, -0.1) is 0 Å². The van der Waals surface area contributed by atoms with Gasteiger partial charge in [-0.2, -0.15) is 18.3 Å². The molecule has 0 saturated heterocycles. The Morgan fingerprint density at radius 2 is 1.82 bits per heavy atom. The maximum Gasteiger partial charge on any atom is 0.435 e. The van der Waals surface area contributed by atoms with Crippen molar-refractivity contribution >= 4 is 11.8 Å². The number of nitrogens with one attached hydrogen (secondary N) is 1. The molecule has 230 valence electrons. The Hall–Kier alpha value is -4.72. The smallest absolute Gasteiger partial charge is 0.393 e. The Bertz CT molecular complexity index is 1720. The number of alkyl halides is 3. The first kappa shape index (κ1) is 30.7. The minimum atomic E-state index is -4.78. The van der Waals surface area contributed by atoms with E-state index in [2.05, 4.69) is 15.4 Å². The standard InChI is InChI=1S/C30H25F6N5O3/c31-17-8-15(9-18(32)12-17)10-24(27-20(2-1-7-38-27)16-3-6-23(33)22(11-16)29(37)44)39-26(43)14-41-25-13-19(42)4-5-21(25)28(40-41)30(34,35)36/h1-3,6-9,11-12,19,24,42H,4-5,10,13-14H2,(H2,37,44)(H,39,43)/t19?,24-/m0/s1. The van der Waals surface area contributed by atoms with E-state index in [-0.39, 0.29) is 53.8 Å². The molecular weight excluding hydrogens is 592 g/mol. The van der Waals surface area contributed by atoms with Crippen LogP contribution in [0.1, 0.15) is 51.0 Å². The summed E-state index contributed by atoms with van der Waals surface area (Å²) in [6, 6.07) is 8.32. The summed E-state index contributed by atoms with van der Waals surface area (Å²) in [6.07, 6.45) is -4.60. The predicted octanol–water partition coefficient (Wildman–Crippen LogP) is 4.43. The number of hydrogen-bond donors (Lipinski definition) is 3. The number of benzene rings is 2. The molecule has 2 aromatic carbocycles. The van der Waals surface area contributed by atoms with Crippen molar-refractivity contribution in [1.29, 1.82) is 0 Å². The minimum Gasteiger partial charge on any atom is -0.393 e. The quantitative estimate of drug-likeness (QED) is 0.253. The Morgan fingerprint density at radius 1 is 1.09 bits per heavy atom. The van der Waals surface area contributed by atoms with Crippen LogP contribution >= 0.6 is 0 Å². The number of amides is 2. The molecule has 2 heterocycles. The lowest BCUT2D eigenvalue weighted by Crippen LogP contribution is -2.34. The highest BCUT2D eigenvalue weighted by atomic mass is 19.4. The van der Waals surface area contributed by atoms with Crippen molar-refractivity contribution in [3.05, 3.63) is 106 Å². The van der Waals surface area contributed by atoms with E-state index < -0.39 is 65.4 Å². The average Bonchev–Trinajstić information content (AvgIpc) is 3.30. The molecule has 8 nitrogen and oxygen atoms in total. The van der Waals surface area contributed by atoms with Crippen LogP contribution in [0.3, 0.4) is 0 Å². The molecule has 5 rings (SSSR count). The molecule has 0 spiro atoms. The highest BCUT2D eigenvalue weighted by Crippen LogP contribution is 2.36. The van der Waals surface area contributed by atoms with E-state index in [1.54, 1.807) is 6.07 Å². The summed E-state index contributed by atoms with van der Waals surface area (Å²) in [6.45, 7) is -0.663. The van der Waals surface area contributed by atoms with Gasteiger partial charge in [-0.05, 0) is 60.7 Å². The number of halogens is 6. The van der Waals surface area contributed by atoms with E-state index in [4.69, 9.17) is 5.73 Å². The third-order valence-electron chi connectivity index (χ3n) is 7.29. The molecule has 1 unspecified atom stereocenters. The number of hydrogen-bond acceptors (Lipinski definition) is 5. The first-order valence-corrected chi connectivity index (χ1v) is 13.4. The Kier molecular flexibility index (Phi) is 8.46. The maximum absolute atomic E-state index is 14.2. The molecule has 2 aromatic heterocycles. The second-order valence-corrected chi connectivity index (χ2v) is 10.4. The summed E-state index contributed by atoms with van der Waals surface area (Å²) in [5.41, 5.74) is 4.64. The first-order valence-electron chi connectivity index (χ1n) is 13.4. The number of rotatable bonds is 8. The van der Waals surface area contributed by atoms with Crippen LogP contribution in [0, 0.1) is 17.5 Å². The molecule has 2 atom stereocenters. The van der Waals surface area contributed by atoms with Crippen LogP contribution in [0.4, 0.5) is 26.3 Å². The monoisotopic (exact) mass is 617 g/mol. The molecule has 1 aliphatic carbocycles. The van der Waals surface area contributed by atoms with Gasteiger partial charge in [-0.3, -0.25) is 19.3 Å². The highest BCUT2D eigenvalue weighted by Gasteiger charge is 2.40. The second kappa shape index (κ2) is 12.1. The minimum absolute atomic E-state index is 0.0665. The Balaban J connectivity index is 1.53. The van der Waals surface area contributed by atoms with Crippen LogP contribution < -0.4 is 11.1 Å². The lowest BCUT2D eigenvalue weighted by Gasteiger charge is -2.23. The normalized spacial score (nSPS) is 15.5. The van der Waals surface area contributed by atoms with Crippen molar-refractivity contribution in [1.82, 2.24) is 20.1 Å². The van der Waals surface area contributed by atoms with Crippen molar-refractivity contribution in [3.63, 3.8) is 0 Å². The fourth-order valence-corrected chi connectivity index (χ4v) is 5.40. The van der Waals surface area contributed by atoms with E-state index in [1.807, 2.05) is 0 Å². The molecule has 4 N–H and O–H groups in total. The lowest BCUT2D eigenvalue weighted by molar-refractivity contribution is -0.142. The zero-order chi connectivity index (χ0) is 31.8. The number of aromatic nitrogens is 3. The Labute approximate surface area is 246 Å². The highest BCUT2D eigenvalue weighted by molar-refractivity contribution is 5.94. The molecule has 14 heteroatoms. The summed E-state index contributed by atoms with van der Waals surface area (Å²) >= 11 is 0. The van der Waals surface area contributed by atoms with Gasteiger partial charge in [0.25, 0.3) is 5.91 Å². The molecule has 2 amide bonds. The molecule has 0 saturated carbocycles. The van der Waals surface area contributed by atoms with Crippen molar-refractivity contribution in [2.75, 3.05) is 0 Å². The largest absolute Gasteiger partial charge is 0.435 e. The van der Waals surface area contributed by atoms with Crippen molar-refractivity contribution < 1.29 is 41.0 Å². The number of carbonyl (C=O) groups excluding carboxylic acids is 2. The maximum atomic E-state index is 14.2. The zero-order valence-corrected chi connectivity index (χ0v) is 22.8. The van der Waals surface area contributed by atoms with E-state index in [0.717, 1.165) is 22.9 Å². The molecule has 44 heavy (non-hydrogen) atoms. The molecule has 0 bridgehead atoms. The average molecular weight is 618 g/mol. The van der Waals surface area contributed by atoms with Gasteiger partial charge in [0.15, 0.2) is 5.69 Å². The van der Waals surface area contributed by atoms with Gasteiger partial charge in [0, 0.05) is 35.5 Å². The number of aliphatic hydroxyl groups excluding tert-OH is 1. The summed E-state index contributed by atoms with van der Waals surface area (Å²) < 4.78 is 84.4. The zero-order valence-electron chi connectivity index (χ0n) is 22.8. The van der Waals surface area contributed by atoms with Crippen molar-refractivity contribution in [2.24, 2.45) is 5.73 Å². The lowest BCUT2D eigenvalue weighted by atomic mass is 9.93. The van der Waals surface area contributed by atoms with Gasteiger partial charge in [0.1, 0.15) is 24.0 Å². The van der Waals surface area contributed by atoms with Gasteiger partial charge in [-0.1, -0.05) is 12.1 Å². The van der Waals surface area contributed by atoms with Crippen LogP contribution in [-0.4, -0.2) is 37.8 Å². The van der Waals surface area contributed by atoms with Gasteiger partial charge in [-0.25, -0.2) is 13.2 Å². The Morgan fingerprint density at radius 3 is 2.50 bits per heavy atom. The topological polar surface area (TPSA) is 123 Å². The van der Waals surface area contributed by atoms with Crippen LogP contribution in [0.2, 0.25) is 0 Å². The predicted molar refractivity (Wildman–Crippen MR) is 144 cm³/mol. The molecular formula is C30H25F6N5O3. The first-order chi connectivity index (χ1) is 20.8. The van der Waals surface area contributed by atoms with Gasteiger partial charge in [0.05, 0.1) is 23.4 Å². The van der Waals surface area contributed by atoms with Crippen LogP contribution in [0.5, 0.6) is 0 Å². The van der Waals surface area contributed by atoms with E-state index in [9.17, 15) is 41.0 Å². The third-order valence-corrected chi connectivity index (χ3v) is 7.29. The van der Waals surface area contributed by atoms with Gasteiger partial charge < -0.3 is 16.2 Å². The molecule has 1 aliphatic rings. The van der Waals surface area contributed by atoms with E-state index in [0.29, 0.717) is 11.6 Å². The number of primary amides is 1. The van der Waals surface area contributed by atoms with Crippen molar-refractivity contribution in [3.8, 4) is 11.1 Å². The second-order valence-electron chi connectivity index (χ2n) is 10.4. The summed E-state index contributed by atoms with van der Waals surface area (Å²) in [5.74, 6) is -4.45. The van der Waals surface area contributed by atoms with Crippen molar-refractivity contribution in [2.45, 2.75) is 50.6 Å². The summed E-state index contributed by atoms with van der Waals surface area (Å²) in [7, 11) is 0. The summed E-state index contributed by atoms with van der Waals surface area (Å²) in [5, 5.41) is 16.4. The van der Waals surface area contributed by atoms with Gasteiger partial charge in [0.2, 0.25) is 5.91 Å². The number of fused-ring (bicyclic) bond motifs is 1. The number of aliphatic hydroxyl groups is 1.